The number of para-hydroxylation sites is 1. The fourth-order valence-electron chi connectivity index (χ4n) is 3.89. The summed E-state index contributed by atoms with van der Waals surface area (Å²) in [5, 5.41) is 8.93. The molecule has 4 rings (SSSR count). The van der Waals surface area contributed by atoms with Crippen LogP contribution < -0.4 is 14.5 Å². The number of benzene rings is 1. The van der Waals surface area contributed by atoms with E-state index < -0.39 is 0 Å². The second-order valence-electron chi connectivity index (χ2n) is 7.62. The van der Waals surface area contributed by atoms with Crippen LogP contribution in [0, 0.1) is 0 Å². The Morgan fingerprint density at radius 3 is 1.93 bits per heavy atom. The van der Waals surface area contributed by atoms with Crippen molar-refractivity contribution in [2.24, 2.45) is 0 Å². The number of nitrogens with zero attached hydrogens (tertiary/aromatic N) is 5. The lowest BCUT2D eigenvalue weighted by molar-refractivity contribution is -0.133. The van der Waals surface area contributed by atoms with Crippen LogP contribution in [0.1, 0.15) is 25.7 Å². The fraction of sp³-hybridized carbons (Fsp3) is 0.500. The van der Waals surface area contributed by atoms with Gasteiger partial charge in [-0.25, -0.2) is 0 Å². The van der Waals surface area contributed by atoms with Crippen LogP contribution in [-0.2, 0) is 4.79 Å². The minimum atomic E-state index is 0.0242. The first-order valence-electron chi connectivity index (χ1n) is 10.6. The average Bonchev–Trinajstić information content (AvgIpc) is 3.08. The topological polar surface area (TPSA) is 61.8 Å². The monoisotopic (exact) mass is 395 g/mol. The Kier molecular flexibility index (Phi) is 6.44. The molecule has 2 fully saturated rings. The van der Waals surface area contributed by atoms with Crippen molar-refractivity contribution >= 4 is 17.5 Å². The lowest BCUT2D eigenvalue weighted by Gasteiger charge is -2.35. The lowest BCUT2D eigenvalue weighted by atomic mass is 10.2. The van der Waals surface area contributed by atoms with Crippen molar-refractivity contribution in [3.8, 4) is 5.75 Å². The smallest absolute Gasteiger partial charge is 0.260 e. The Bertz CT molecular complexity index is 768. The Morgan fingerprint density at radius 2 is 1.34 bits per heavy atom. The van der Waals surface area contributed by atoms with Gasteiger partial charge in [-0.2, -0.15) is 0 Å². The SMILES string of the molecule is O=C(COc1ccccc1)N1CCN(c2ccc(N3CCCCCC3)nn2)CC1. The van der Waals surface area contributed by atoms with Crippen LogP contribution in [-0.4, -0.2) is 66.9 Å². The zero-order valence-electron chi connectivity index (χ0n) is 16.9. The van der Waals surface area contributed by atoms with Crippen LogP contribution in [0.5, 0.6) is 5.75 Å². The minimum absolute atomic E-state index is 0.0242. The second kappa shape index (κ2) is 9.58. The highest BCUT2D eigenvalue weighted by molar-refractivity contribution is 5.78. The summed E-state index contributed by atoms with van der Waals surface area (Å²) in [6.45, 7) is 5.08. The van der Waals surface area contributed by atoms with E-state index in [4.69, 9.17) is 4.74 Å². The van der Waals surface area contributed by atoms with Crippen LogP contribution in [0.25, 0.3) is 0 Å². The van der Waals surface area contributed by atoms with Crippen LogP contribution >= 0.6 is 0 Å². The zero-order chi connectivity index (χ0) is 19.9. The maximum Gasteiger partial charge on any atom is 0.260 e. The van der Waals surface area contributed by atoms with Gasteiger partial charge in [-0.1, -0.05) is 31.0 Å². The van der Waals surface area contributed by atoms with Crippen molar-refractivity contribution < 1.29 is 9.53 Å². The molecule has 2 saturated heterocycles. The van der Waals surface area contributed by atoms with E-state index in [1.807, 2.05) is 35.2 Å². The number of hydrogen-bond acceptors (Lipinski definition) is 6. The van der Waals surface area contributed by atoms with Gasteiger partial charge in [0.15, 0.2) is 18.2 Å². The van der Waals surface area contributed by atoms with Gasteiger partial charge in [0.05, 0.1) is 0 Å². The predicted octanol–water partition coefficient (Wildman–Crippen LogP) is 2.58. The fourth-order valence-corrected chi connectivity index (χ4v) is 3.89. The number of carbonyl (C=O) groups is 1. The van der Waals surface area contributed by atoms with Gasteiger partial charge in [-0.15, -0.1) is 10.2 Å². The molecule has 1 aromatic heterocycles. The molecule has 2 aromatic rings. The molecule has 29 heavy (non-hydrogen) atoms. The first-order chi connectivity index (χ1) is 14.3. The van der Waals surface area contributed by atoms with E-state index in [0.717, 1.165) is 43.6 Å². The highest BCUT2D eigenvalue weighted by atomic mass is 16.5. The van der Waals surface area contributed by atoms with Gasteiger partial charge in [-0.3, -0.25) is 4.79 Å². The number of piperazine rings is 1. The third kappa shape index (κ3) is 5.16. The molecule has 0 aliphatic carbocycles. The summed E-state index contributed by atoms with van der Waals surface area (Å²) >= 11 is 0. The first-order valence-corrected chi connectivity index (χ1v) is 10.6. The average molecular weight is 396 g/mol. The van der Waals surface area contributed by atoms with E-state index in [0.29, 0.717) is 13.1 Å². The second-order valence-corrected chi connectivity index (χ2v) is 7.62. The number of ether oxygens (including phenoxy) is 1. The predicted molar refractivity (Wildman–Crippen MR) is 113 cm³/mol. The maximum atomic E-state index is 12.4. The third-order valence-corrected chi connectivity index (χ3v) is 5.63. The van der Waals surface area contributed by atoms with E-state index in [2.05, 4.69) is 32.1 Å². The van der Waals surface area contributed by atoms with Crippen molar-refractivity contribution in [1.82, 2.24) is 15.1 Å². The Hall–Kier alpha value is -2.83. The quantitative estimate of drug-likeness (QED) is 0.776. The molecule has 7 nitrogen and oxygen atoms in total. The Balaban J connectivity index is 1.26. The van der Waals surface area contributed by atoms with Gasteiger partial charge in [0, 0.05) is 39.3 Å². The summed E-state index contributed by atoms with van der Waals surface area (Å²) in [7, 11) is 0. The molecular weight excluding hydrogens is 366 g/mol. The molecule has 0 atom stereocenters. The van der Waals surface area contributed by atoms with E-state index >= 15 is 0 Å². The van der Waals surface area contributed by atoms with Crippen molar-refractivity contribution in [2.75, 3.05) is 55.7 Å². The van der Waals surface area contributed by atoms with Crippen molar-refractivity contribution in [2.45, 2.75) is 25.7 Å². The van der Waals surface area contributed by atoms with Gasteiger partial charge in [0.1, 0.15) is 5.75 Å². The highest BCUT2D eigenvalue weighted by Gasteiger charge is 2.22. The van der Waals surface area contributed by atoms with E-state index in [1.54, 1.807) is 0 Å². The number of rotatable bonds is 5. The van der Waals surface area contributed by atoms with E-state index in [-0.39, 0.29) is 12.5 Å². The normalized spacial score (nSPS) is 17.7. The molecule has 0 radical (unpaired) electrons. The molecule has 7 heteroatoms. The molecular formula is C22H29N5O2. The summed E-state index contributed by atoms with van der Waals surface area (Å²) in [6.07, 6.45) is 5.07. The molecule has 1 aromatic carbocycles. The number of hydrogen-bond donors (Lipinski definition) is 0. The number of aromatic nitrogens is 2. The molecule has 3 heterocycles. The summed E-state index contributed by atoms with van der Waals surface area (Å²) in [6, 6.07) is 13.6. The highest BCUT2D eigenvalue weighted by Crippen LogP contribution is 2.20. The van der Waals surface area contributed by atoms with Crippen molar-refractivity contribution in [3.63, 3.8) is 0 Å². The molecule has 0 bridgehead atoms. The Labute approximate surface area is 172 Å². The van der Waals surface area contributed by atoms with Gasteiger partial charge in [-0.05, 0) is 37.1 Å². The zero-order valence-corrected chi connectivity index (χ0v) is 16.9. The lowest BCUT2D eigenvalue weighted by Crippen LogP contribution is -2.50. The molecule has 154 valence electrons. The van der Waals surface area contributed by atoms with Crippen molar-refractivity contribution in [3.05, 3.63) is 42.5 Å². The molecule has 0 unspecified atom stereocenters. The van der Waals surface area contributed by atoms with Gasteiger partial charge >= 0.3 is 0 Å². The molecule has 0 spiro atoms. The standard InChI is InChI=1S/C22H29N5O2/c28-22(18-29-19-8-4-3-5-9-19)27-16-14-26(15-17-27)21-11-10-20(23-24-21)25-12-6-1-2-7-13-25/h3-5,8-11H,1-2,6-7,12-18H2. The molecule has 2 aliphatic rings. The summed E-state index contributed by atoms with van der Waals surface area (Å²) in [5.41, 5.74) is 0. The van der Waals surface area contributed by atoms with Gasteiger partial charge in [0.25, 0.3) is 5.91 Å². The van der Waals surface area contributed by atoms with Crippen LogP contribution in [0.2, 0.25) is 0 Å². The van der Waals surface area contributed by atoms with Gasteiger partial charge in [0.2, 0.25) is 0 Å². The third-order valence-electron chi connectivity index (χ3n) is 5.63. The summed E-state index contributed by atoms with van der Waals surface area (Å²) < 4.78 is 5.58. The molecule has 1 amide bonds. The number of anilines is 2. The number of carbonyl (C=O) groups excluding carboxylic acids is 1. The summed E-state index contributed by atoms with van der Waals surface area (Å²) in [4.78, 5) is 18.8. The van der Waals surface area contributed by atoms with Gasteiger partial charge < -0.3 is 19.4 Å². The largest absolute Gasteiger partial charge is 0.484 e. The molecule has 0 N–H and O–H groups in total. The summed E-state index contributed by atoms with van der Waals surface area (Å²) in [5.74, 6) is 2.61. The van der Waals surface area contributed by atoms with Crippen LogP contribution in [0.15, 0.2) is 42.5 Å². The van der Waals surface area contributed by atoms with E-state index in [9.17, 15) is 4.79 Å². The molecule has 2 aliphatic heterocycles. The van der Waals surface area contributed by atoms with Crippen molar-refractivity contribution in [1.29, 1.82) is 0 Å². The number of amides is 1. The first kappa shape index (κ1) is 19.5. The minimum Gasteiger partial charge on any atom is -0.484 e. The maximum absolute atomic E-state index is 12.4. The van der Waals surface area contributed by atoms with E-state index in [1.165, 1.54) is 25.7 Å². The molecule has 0 saturated carbocycles. The van der Waals surface area contributed by atoms with Crippen LogP contribution in [0.4, 0.5) is 11.6 Å². The van der Waals surface area contributed by atoms with Crippen LogP contribution in [0.3, 0.4) is 0 Å². The Morgan fingerprint density at radius 1 is 0.759 bits per heavy atom.